The van der Waals surface area contributed by atoms with E-state index in [9.17, 15) is 28.3 Å². The van der Waals surface area contributed by atoms with Crippen molar-refractivity contribution in [3.05, 3.63) is 74.2 Å². The number of aromatic nitrogens is 3. The van der Waals surface area contributed by atoms with Crippen LogP contribution in [0.2, 0.25) is 0 Å². The first-order valence-corrected chi connectivity index (χ1v) is 14.6. The quantitative estimate of drug-likeness (QED) is 0.439. The van der Waals surface area contributed by atoms with Gasteiger partial charge >= 0.3 is 0 Å². The number of benzene rings is 1. The van der Waals surface area contributed by atoms with Crippen molar-refractivity contribution >= 4 is 29.4 Å². The fourth-order valence-corrected chi connectivity index (χ4v) is 6.92. The molecule has 14 heteroatoms. The molecule has 4 heterocycles. The van der Waals surface area contributed by atoms with Crippen LogP contribution in [0.3, 0.4) is 0 Å². The van der Waals surface area contributed by atoms with Gasteiger partial charge in [-0.1, -0.05) is 23.5 Å². The van der Waals surface area contributed by atoms with Gasteiger partial charge in [-0.25, -0.2) is 8.78 Å². The lowest BCUT2D eigenvalue weighted by Gasteiger charge is -2.55. The summed E-state index contributed by atoms with van der Waals surface area (Å²) in [6.07, 6.45) is 7.27. The Kier molecular flexibility index (Phi) is 7.32. The maximum Gasteiger partial charge on any atom is 0.278 e. The molecule has 2 aliphatic heterocycles. The van der Waals surface area contributed by atoms with Crippen LogP contribution in [-0.4, -0.2) is 75.8 Å². The number of rotatable bonds is 6. The molecule has 3 aromatic rings. The molecule has 0 atom stereocenters. The third kappa shape index (κ3) is 4.98. The zero-order chi connectivity index (χ0) is 30.5. The second-order valence-electron chi connectivity index (χ2n) is 11.0. The minimum absolute atomic E-state index is 0.0294. The maximum atomic E-state index is 14.2. The van der Waals surface area contributed by atoms with Gasteiger partial charge in [0.05, 0.1) is 12.1 Å². The van der Waals surface area contributed by atoms with Crippen molar-refractivity contribution < 1.29 is 23.5 Å². The Labute approximate surface area is 249 Å². The molecule has 1 saturated carbocycles. The molecule has 6 rings (SSSR count). The maximum absolute atomic E-state index is 14.2. The minimum Gasteiger partial charge on any atom is -0.502 e. The van der Waals surface area contributed by atoms with Gasteiger partial charge in [-0.15, -0.1) is 10.2 Å². The average molecular weight is 610 g/mol. The van der Waals surface area contributed by atoms with E-state index in [1.54, 1.807) is 20.3 Å². The number of pyridine rings is 1. The molecule has 1 aromatic carbocycles. The topological polar surface area (TPSA) is 133 Å². The highest BCUT2D eigenvalue weighted by molar-refractivity contribution is 7.14. The first-order valence-electron chi connectivity index (χ1n) is 13.8. The van der Waals surface area contributed by atoms with Gasteiger partial charge in [0.2, 0.25) is 11.3 Å². The van der Waals surface area contributed by atoms with Gasteiger partial charge in [0, 0.05) is 51.5 Å². The van der Waals surface area contributed by atoms with Crippen LogP contribution in [0, 0.1) is 17.6 Å². The third-order valence-electron chi connectivity index (χ3n) is 8.62. The lowest BCUT2D eigenvalue weighted by molar-refractivity contribution is -0.126. The molecule has 0 bridgehead atoms. The highest BCUT2D eigenvalue weighted by Crippen LogP contribution is 2.42. The predicted molar refractivity (Wildman–Crippen MR) is 156 cm³/mol. The molecule has 2 amide bonds. The van der Waals surface area contributed by atoms with Crippen LogP contribution in [0.25, 0.3) is 10.6 Å². The lowest BCUT2D eigenvalue weighted by atomic mass is 9.79. The van der Waals surface area contributed by atoms with E-state index < -0.39 is 34.4 Å². The predicted octanol–water partition coefficient (Wildman–Crippen LogP) is 2.61. The molecule has 43 heavy (non-hydrogen) atoms. The zero-order valence-electron chi connectivity index (χ0n) is 23.5. The van der Waals surface area contributed by atoms with Crippen LogP contribution < -0.4 is 15.8 Å². The summed E-state index contributed by atoms with van der Waals surface area (Å²) in [6.45, 7) is 1.06. The molecule has 1 spiro atoms. The molecule has 0 unspecified atom stereocenters. The Hall–Kier alpha value is -4.46. The Morgan fingerprint density at radius 3 is 2.65 bits per heavy atom. The van der Waals surface area contributed by atoms with Crippen LogP contribution in [0.15, 0.2) is 45.8 Å². The number of carbonyl (C=O) groups excluding carboxylic acids is 2. The molecule has 11 nitrogen and oxygen atoms in total. The van der Waals surface area contributed by atoms with Crippen LogP contribution in [0.4, 0.5) is 8.78 Å². The van der Waals surface area contributed by atoms with E-state index in [1.165, 1.54) is 21.8 Å². The van der Waals surface area contributed by atoms with Crippen molar-refractivity contribution in [1.82, 2.24) is 25.1 Å². The summed E-state index contributed by atoms with van der Waals surface area (Å²) in [5.41, 5.74) is -0.527. The molecule has 0 radical (unpaired) electrons. The standard InChI is InChI=1S/C29H29F2N7O4S/c1-36-28(42)23-25(40)24(39)20(27-35-34-22(43-27)11-18-3-4-19(30)12-21(18)31)15-38(23)37(2)29(36)8-5-17(6-9-29)26(41)33-14-16-7-10-32-13-16/h3-4,7,12-13,15,17,40H,5-6,8-11,14H2,1-2H3,(H,33,41). The van der Waals surface area contributed by atoms with Crippen LogP contribution in [0.5, 0.6) is 5.75 Å². The average Bonchev–Trinajstić information content (AvgIpc) is 3.69. The summed E-state index contributed by atoms with van der Waals surface area (Å²) in [7, 11) is 3.41. The van der Waals surface area contributed by atoms with E-state index in [0.29, 0.717) is 43.8 Å². The molecule has 0 saturated heterocycles. The molecule has 2 aromatic heterocycles. The Balaban J connectivity index is 1.25. The smallest absolute Gasteiger partial charge is 0.278 e. The van der Waals surface area contributed by atoms with Gasteiger partial charge in [0.1, 0.15) is 22.3 Å². The number of hydrogen-bond acceptors (Lipinski definition) is 9. The van der Waals surface area contributed by atoms with E-state index in [2.05, 4.69) is 20.5 Å². The first kappa shape index (κ1) is 28.6. The van der Waals surface area contributed by atoms with Crippen molar-refractivity contribution in [3.8, 4) is 16.3 Å². The SMILES string of the molecule is CN1C(=O)c2c(O)c(=O)c(-c3nnc(Cc4ccc(F)cc4F)s3)cn2N(C)C12CCC(C(=O)NCC1=CCN=C1)CC2. The fraction of sp³-hybridized carbons (Fsp3) is 0.379. The number of hydrogen-bond donors (Lipinski definition) is 2. The number of aromatic hydroxyl groups is 1. The molecule has 1 aliphatic carbocycles. The van der Waals surface area contributed by atoms with Crippen LogP contribution in [-0.2, 0) is 11.2 Å². The van der Waals surface area contributed by atoms with E-state index in [1.807, 2.05) is 11.1 Å². The van der Waals surface area contributed by atoms with Crippen molar-refractivity contribution in [1.29, 1.82) is 0 Å². The molecule has 1 fully saturated rings. The largest absolute Gasteiger partial charge is 0.502 e. The number of nitrogens with zero attached hydrogens (tertiary/aromatic N) is 6. The number of fused-ring (bicyclic) bond motifs is 1. The zero-order valence-corrected chi connectivity index (χ0v) is 24.3. The highest BCUT2D eigenvalue weighted by Gasteiger charge is 2.50. The lowest BCUT2D eigenvalue weighted by Crippen LogP contribution is -2.69. The summed E-state index contributed by atoms with van der Waals surface area (Å²) in [5, 5.41) is 24.5. The van der Waals surface area contributed by atoms with E-state index >= 15 is 0 Å². The van der Waals surface area contributed by atoms with Crippen LogP contribution in [0.1, 0.15) is 46.7 Å². The van der Waals surface area contributed by atoms with Crippen molar-refractivity contribution in [2.45, 2.75) is 37.8 Å². The summed E-state index contributed by atoms with van der Waals surface area (Å²) < 4.78 is 29.0. The normalized spacial score (nSPS) is 21.3. The van der Waals surface area contributed by atoms with Gasteiger partial charge in [0.25, 0.3) is 5.91 Å². The summed E-state index contributed by atoms with van der Waals surface area (Å²) in [4.78, 5) is 45.4. The molecule has 3 aliphatic rings. The Morgan fingerprint density at radius 1 is 1.19 bits per heavy atom. The second-order valence-corrected chi connectivity index (χ2v) is 12.0. The van der Waals surface area contributed by atoms with E-state index in [0.717, 1.165) is 29.0 Å². The van der Waals surface area contributed by atoms with Crippen molar-refractivity contribution in [3.63, 3.8) is 0 Å². The summed E-state index contributed by atoms with van der Waals surface area (Å²) >= 11 is 1.04. The number of aliphatic imine (C=N–C) groups is 1. The van der Waals surface area contributed by atoms with Gasteiger partial charge in [-0.3, -0.25) is 29.1 Å². The number of halogens is 2. The molecular weight excluding hydrogens is 580 g/mol. The van der Waals surface area contributed by atoms with Crippen LogP contribution >= 0.6 is 11.3 Å². The Bertz CT molecular complexity index is 1740. The van der Waals surface area contributed by atoms with Crippen molar-refractivity contribution in [2.24, 2.45) is 10.9 Å². The van der Waals surface area contributed by atoms with Gasteiger partial charge < -0.3 is 15.3 Å². The number of amides is 2. The van der Waals surface area contributed by atoms with E-state index in [4.69, 9.17) is 0 Å². The van der Waals surface area contributed by atoms with Gasteiger partial charge in [-0.05, 0) is 42.9 Å². The number of nitrogens with one attached hydrogen (secondary N) is 1. The number of carbonyl (C=O) groups is 2. The third-order valence-corrected chi connectivity index (χ3v) is 9.57. The molecule has 2 N–H and O–H groups in total. The highest BCUT2D eigenvalue weighted by atomic mass is 32.1. The molecule has 224 valence electrons. The van der Waals surface area contributed by atoms with E-state index in [-0.39, 0.29) is 40.1 Å². The summed E-state index contributed by atoms with van der Waals surface area (Å²) in [5.74, 6) is -2.89. The second kappa shape index (κ2) is 11.0. The van der Waals surface area contributed by atoms with Gasteiger partial charge in [0.15, 0.2) is 16.5 Å². The monoisotopic (exact) mass is 609 g/mol. The summed E-state index contributed by atoms with van der Waals surface area (Å²) in [6, 6.07) is 3.26. The first-order chi connectivity index (χ1) is 20.6. The molecular formula is C29H29F2N7O4S. The fourth-order valence-electron chi connectivity index (χ4n) is 6.05. The van der Waals surface area contributed by atoms with Gasteiger partial charge in [-0.2, -0.15) is 0 Å². The van der Waals surface area contributed by atoms with Crippen molar-refractivity contribution in [2.75, 3.05) is 32.2 Å². The minimum atomic E-state index is -0.799. The Morgan fingerprint density at radius 2 is 1.95 bits per heavy atom.